The first-order chi connectivity index (χ1) is 8.39. The van der Waals surface area contributed by atoms with Gasteiger partial charge in [-0.1, -0.05) is 65.1 Å². The Morgan fingerprint density at radius 1 is 1.33 bits per heavy atom. The lowest BCUT2D eigenvalue weighted by Gasteiger charge is -2.22. The number of esters is 1. The average Bonchev–Trinajstić information content (AvgIpc) is 3.05. The van der Waals surface area contributed by atoms with Gasteiger partial charge in [0.05, 0.1) is 0 Å². The van der Waals surface area contributed by atoms with Crippen molar-refractivity contribution in [1.82, 2.24) is 0 Å². The minimum Gasteiger partial charge on any atom is -0.455 e. The summed E-state index contributed by atoms with van der Waals surface area (Å²) in [6, 6.07) is 9.51. The molecule has 1 aromatic carbocycles. The van der Waals surface area contributed by atoms with Crippen molar-refractivity contribution >= 4 is 40.8 Å². The predicted molar refractivity (Wildman–Crippen MR) is 69.9 cm³/mol. The van der Waals surface area contributed by atoms with Gasteiger partial charge in [0.15, 0.2) is 6.10 Å². The van der Waals surface area contributed by atoms with Crippen molar-refractivity contribution in [2.24, 2.45) is 0 Å². The lowest BCUT2D eigenvalue weighted by Crippen LogP contribution is -2.35. The maximum Gasteiger partial charge on any atom is 0.303 e. The molecule has 2 rings (SSSR count). The van der Waals surface area contributed by atoms with Gasteiger partial charge in [-0.15, -0.1) is 0 Å². The van der Waals surface area contributed by atoms with E-state index in [9.17, 15) is 4.79 Å². The third-order valence-electron chi connectivity index (χ3n) is 2.57. The van der Waals surface area contributed by atoms with Crippen molar-refractivity contribution in [3.63, 3.8) is 0 Å². The maximum atomic E-state index is 11.0. The van der Waals surface area contributed by atoms with Crippen LogP contribution >= 0.6 is 34.8 Å². The molecule has 98 valence electrons. The smallest absolute Gasteiger partial charge is 0.303 e. The number of hydrogen-bond acceptors (Lipinski definition) is 3. The summed E-state index contributed by atoms with van der Waals surface area (Å²) in [7, 11) is 0. The highest BCUT2D eigenvalue weighted by Gasteiger charge is 2.55. The molecule has 1 fully saturated rings. The van der Waals surface area contributed by atoms with Crippen LogP contribution in [0.1, 0.15) is 18.6 Å². The first-order valence-corrected chi connectivity index (χ1v) is 6.47. The number of ether oxygens (including phenoxy) is 2. The van der Waals surface area contributed by atoms with Crippen molar-refractivity contribution in [3.8, 4) is 0 Å². The fraction of sp³-hybridized carbons (Fsp3) is 0.417. The number of alkyl halides is 3. The number of epoxide rings is 1. The van der Waals surface area contributed by atoms with Crippen LogP contribution in [0.3, 0.4) is 0 Å². The molecule has 3 atom stereocenters. The van der Waals surface area contributed by atoms with E-state index in [0.29, 0.717) is 0 Å². The maximum absolute atomic E-state index is 11.0. The number of benzene rings is 1. The fourth-order valence-electron chi connectivity index (χ4n) is 1.76. The van der Waals surface area contributed by atoms with Crippen LogP contribution in [-0.2, 0) is 14.3 Å². The van der Waals surface area contributed by atoms with Crippen LogP contribution in [0, 0.1) is 0 Å². The largest absolute Gasteiger partial charge is 0.455 e. The highest BCUT2D eigenvalue weighted by Crippen LogP contribution is 2.48. The van der Waals surface area contributed by atoms with Crippen molar-refractivity contribution in [2.75, 3.05) is 0 Å². The summed E-state index contributed by atoms with van der Waals surface area (Å²) in [5.74, 6) is -0.506. The Kier molecular flexibility index (Phi) is 4.07. The van der Waals surface area contributed by atoms with Gasteiger partial charge >= 0.3 is 5.97 Å². The molecule has 0 saturated carbocycles. The van der Waals surface area contributed by atoms with E-state index < -0.39 is 22.0 Å². The molecule has 1 aliphatic heterocycles. The van der Waals surface area contributed by atoms with Crippen LogP contribution in [0.4, 0.5) is 0 Å². The molecule has 6 heteroatoms. The van der Waals surface area contributed by atoms with E-state index >= 15 is 0 Å². The molecule has 3 nitrogen and oxygen atoms in total. The molecule has 0 unspecified atom stereocenters. The number of carbonyl (C=O) groups is 1. The van der Waals surface area contributed by atoms with Crippen molar-refractivity contribution in [1.29, 1.82) is 0 Å². The van der Waals surface area contributed by atoms with Crippen LogP contribution in [0.5, 0.6) is 0 Å². The Bertz CT molecular complexity index is 430. The quantitative estimate of drug-likeness (QED) is 0.488. The van der Waals surface area contributed by atoms with E-state index in [1.165, 1.54) is 6.92 Å². The number of carbonyl (C=O) groups excluding carboxylic acids is 1. The normalized spacial score (nSPS) is 24.4. The van der Waals surface area contributed by atoms with Crippen LogP contribution in [0.25, 0.3) is 0 Å². The van der Waals surface area contributed by atoms with E-state index in [1.54, 1.807) is 0 Å². The molecular weight excluding hydrogens is 298 g/mol. The first kappa shape index (κ1) is 13.9. The Balaban J connectivity index is 2.09. The zero-order chi connectivity index (χ0) is 13.3. The zero-order valence-electron chi connectivity index (χ0n) is 9.48. The molecule has 1 aromatic rings. The van der Waals surface area contributed by atoms with Gasteiger partial charge < -0.3 is 9.47 Å². The lowest BCUT2D eigenvalue weighted by atomic mass is 10.1. The third-order valence-corrected chi connectivity index (χ3v) is 3.21. The molecule has 1 saturated heterocycles. The Hall–Kier alpha value is -0.480. The van der Waals surface area contributed by atoms with Crippen molar-refractivity contribution in [2.45, 2.75) is 29.0 Å². The minimum atomic E-state index is -1.71. The molecule has 1 aliphatic rings. The standard InChI is InChI=1S/C12H11Cl3O3/c1-7(16)17-11(12(13,14)15)10-9(18-10)8-5-3-2-4-6-8/h2-6,9-11H,1H3/t9-,10+,11+/m0/s1. The second kappa shape index (κ2) is 5.25. The van der Waals surface area contributed by atoms with Gasteiger partial charge in [0.1, 0.15) is 12.2 Å². The highest BCUT2D eigenvalue weighted by molar-refractivity contribution is 6.68. The van der Waals surface area contributed by atoms with E-state index in [2.05, 4.69) is 0 Å². The van der Waals surface area contributed by atoms with Gasteiger partial charge in [-0.05, 0) is 5.56 Å². The highest BCUT2D eigenvalue weighted by atomic mass is 35.6. The van der Waals surface area contributed by atoms with Crippen LogP contribution in [0.2, 0.25) is 0 Å². The number of hydrogen-bond donors (Lipinski definition) is 0. The Morgan fingerprint density at radius 3 is 2.44 bits per heavy atom. The number of halogens is 3. The monoisotopic (exact) mass is 308 g/mol. The van der Waals surface area contributed by atoms with Gasteiger partial charge in [-0.2, -0.15) is 0 Å². The van der Waals surface area contributed by atoms with Gasteiger partial charge in [-0.25, -0.2) is 0 Å². The molecule has 18 heavy (non-hydrogen) atoms. The van der Waals surface area contributed by atoms with Crippen LogP contribution in [0.15, 0.2) is 30.3 Å². The van der Waals surface area contributed by atoms with Crippen molar-refractivity contribution < 1.29 is 14.3 Å². The summed E-state index contributed by atoms with van der Waals surface area (Å²) < 4.78 is 8.78. The Labute approximate surface area is 120 Å². The zero-order valence-corrected chi connectivity index (χ0v) is 11.7. The SMILES string of the molecule is CC(=O)O[C@H]([C@@H]1O[C@H]1c1ccccc1)C(Cl)(Cl)Cl. The fourth-order valence-corrected chi connectivity index (χ4v) is 2.27. The molecule has 1 heterocycles. The van der Waals surface area contributed by atoms with Crippen LogP contribution in [-0.4, -0.2) is 22.0 Å². The van der Waals surface area contributed by atoms with Gasteiger partial charge in [0, 0.05) is 6.92 Å². The van der Waals surface area contributed by atoms with E-state index in [4.69, 9.17) is 44.3 Å². The molecule has 0 aliphatic carbocycles. The molecule has 0 N–H and O–H groups in total. The second-order valence-corrected chi connectivity index (χ2v) is 6.37. The lowest BCUT2D eigenvalue weighted by molar-refractivity contribution is -0.147. The summed E-state index contributed by atoms with van der Waals surface area (Å²) in [5, 5.41) is 0. The second-order valence-electron chi connectivity index (χ2n) is 4.00. The molecule has 0 amide bonds. The first-order valence-electron chi connectivity index (χ1n) is 5.34. The predicted octanol–water partition coefficient (Wildman–Crippen LogP) is 3.43. The summed E-state index contributed by atoms with van der Waals surface area (Å²) >= 11 is 17.4. The molecular formula is C12H11Cl3O3. The average molecular weight is 310 g/mol. The summed E-state index contributed by atoms with van der Waals surface area (Å²) in [4.78, 5) is 11.0. The van der Waals surface area contributed by atoms with E-state index in [0.717, 1.165) is 5.56 Å². The molecule has 0 bridgehead atoms. The third kappa shape index (κ3) is 3.29. The number of rotatable bonds is 3. The summed E-state index contributed by atoms with van der Waals surface area (Å²) in [6.45, 7) is 1.27. The molecule has 0 aromatic heterocycles. The Morgan fingerprint density at radius 2 is 1.94 bits per heavy atom. The van der Waals surface area contributed by atoms with E-state index in [-0.39, 0.29) is 6.10 Å². The van der Waals surface area contributed by atoms with E-state index in [1.807, 2.05) is 30.3 Å². The van der Waals surface area contributed by atoms with Gasteiger partial charge in [0.2, 0.25) is 3.79 Å². The topological polar surface area (TPSA) is 38.8 Å². The molecule has 0 spiro atoms. The van der Waals surface area contributed by atoms with Crippen molar-refractivity contribution in [3.05, 3.63) is 35.9 Å². The minimum absolute atomic E-state index is 0.203. The van der Waals surface area contributed by atoms with Gasteiger partial charge in [-0.3, -0.25) is 4.79 Å². The summed E-state index contributed by atoms with van der Waals surface area (Å²) in [6.07, 6.45) is -1.54. The van der Waals surface area contributed by atoms with Gasteiger partial charge in [0.25, 0.3) is 0 Å². The van der Waals surface area contributed by atoms with Crippen LogP contribution < -0.4 is 0 Å². The summed E-state index contributed by atoms with van der Waals surface area (Å²) in [5.41, 5.74) is 0.967. The molecule has 0 radical (unpaired) electrons.